The minimum atomic E-state index is -1.35. The van der Waals surface area contributed by atoms with E-state index < -0.39 is 60.9 Å². The molecule has 6 saturated heterocycles. The van der Waals surface area contributed by atoms with Gasteiger partial charge in [0.25, 0.3) is 8.53 Å². The zero-order valence-corrected chi connectivity index (χ0v) is 87.8. The molecule has 4 aromatic rings. The highest BCUT2D eigenvalue weighted by Gasteiger charge is 2.44. The number of benzene rings is 4. The first kappa shape index (κ1) is 117. The van der Waals surface area contributed by atoms with Gasteiger partial charge in [0.15, 0.2) is 0 Å². The van der Waals surface area contributed by atoms with Crippen molar-refractivity contribution in [1.29, 1.82) is 4.29 Å². The predicted octanol–water partition coefficient (Wildman–Crippen LogP) is 12.5. The van der Waals surface area contributed by atoms with Gasteiger partial charge in [0.2, 0.25) is 10.8 Å². The van der Waals surface area contributed by atoms with Crippen LogP contribution in [0.2, 0.25) is 0 Å². The first-order chi connectivity index (χ1) is 66.7. The summed E-state index contributed by atoms with van der Waals surface area (Å²) >= 11 is 14.8. The third-order valence-corrected chi connectivity index (χ3v) is 24.3. The molecule has 12 radical (unpaired) electrons. The molecule has 2 unspecified atom stereocenters. The smallest absolute Gasteiger partial charge is 0.259 e. The van der Waals surface area contributed by atoms with E-state index in [4.69, 9.17) is 128 Å². The number of ether oxygens (including phenoxy) is 9. The molecule has 133 heavy (non-hydrogen) atoms. The Morgan fingerprint density at radius 3 is 1.00 bits per heavy atom. The summed E-state index contributed by atoms with van der Waals surface area (Å²) in [6.45, 7) is 57.4. The molecule has 0 aromatic heterocycles. The van der Waals surface area contributed by atoms with E-state index in [-0.39, 0.29) is 82.8 Å². The number of aliphatic hydroxyl groups excluding tert-OH is 6. The lowest BCUT2D eigenvalue weighted by Gasteiger charge is -2.47. The van der Waals surface area contributed by atoms with E-state index in [1.54, 1.807) is 0 Å². The lowest BCUT2D eigenvalue weighted by Crippen LogP contribution is -2.61. The molecule has 0 amide bonds. The van der Waals surface area contributed by atoms with Crippen LogP contribution < -0.4 is 0 Å². The van der Waals surface area contributed by atoms with E-state index in [9.17, 15) is 15.3 Å². The highest BCUT2D eigenvalue weighted by Crippen LogP contribution is 2.47. The normalized spacial score (nSPS) is 26.9. The second kappa shape index (κ2) is 73.2. The third-order valence-electron chi connectivity index (χ3n) is 21.9. The predicted molar refractivity (Wildman–Crippen MR) is 554 cm³/mol. The van der Waals surface area contributed by atoms with Crippen LogP contribution in [0.1, 0.15) is 187 Å². The summed E-state index contributed by atoms with van der Waals surface area (Å²) in [6.07, 6.45) is 1.97. The molecule has 6 heterocycles. The lowest BCUT2D eigenvalue weighted by atomic mass is 9.90. The molecule has 750 valence electrons. The van der Waals surface area contributed by atoms with Crippen LogP contribution in [0.25, 0.3) is 4.85 Å². The Labute approximate surface area is 842 Å². The highest BCUT2D eigenvalue weighted by molar-refractivity contribution is 7.44. The maximum Gasteiger partial charge on any atom is 0.259 e. The molecule has 6 N–H and O–H groups in total. The standard InChI is InChI=1S/C18H35BN3O3P.C17H26BNO2.C16H24BNO3.C16H24BNO2.C10H20BNO2.C9H18BNO2.C7H7Cl.2CH3Cl.3CH4O/c1-14(2)21-11-17(19)25-18(7,12-21)13-24-26(23-10-9-20-8)22(15(3)4)16(5)6;1-4-17(12-19(14(2)3)10-16(18)21-17)13-20-11-15-8-6-5-7-9-15;1-13(2)18-8-15(17)21-16(10-18,11-19)12-20-9-14-6-4-3-5-7-14;1-13(2)18-9-15(17)20-16(3,11-18)12-19-10-14-7-5-4-6-8-14;1-4-10(7-13)6-12(8(2)3)5-9(11)14-10;1-7(2)11-4-8(10)13-9(3,5-11)6-12;8-6-7-4-2-1-3-5-7;5*1-2/h14-17H,9-13H2,1-7H3;5-9,14,16H,4,10-13H2,1-3H3;3-7,13,15,19H,8-12H2,1-2H3;4-8,13,15H,9-12H2,1-3H3;8-9,13H,4-7H2,1-3H3;7-8,12H,4-6H2,1-3H3;1-5H,6H2;2*1H3;3*2H,1H3/t17-,18+,26?;16-,17+;15-,16-;15-,16+;9-,10+;8-,9+;;;;;;/m111111....../s1/i7D;;;3D;;3D;;1TD;;3*2T. The van der Waals surface area contributed by atoms with Gasteiger partial charge in [-0.25, -0.2) is 11.2 Å². The minimum Gasteiger partial charge on any atom is -0.400 e. The second-order valence-corrected chi connectivity index (χ2v) is 37.4. The van der Waals surface area contributed by atoms with Gasteiger partial charge in [-0.1, -0.05) is 135 Å². The van der Waals surface area contributed by atoms with Gasteiger partial charge in [-0.3, -0.25) is 29.4 Å². The maximum absolute atomic E-state index is 9.77. The number of rotatable bonds is 33. The molecular weight excluding hydrogens is 1760 g/mol. The maximum atomic E-state index is 9.77. The van der Waals surface area contributed by atoms with Crippen molar-refractivity contribution in [3.05, 3.63) is 155 Å². The van der Waals surface area contributed by atoms with Crippen molar-refractivity contribution < 1.29 is 89.2 Å². The van der Waals surface area contributed by atoms with Crippen LogP contribution in [0.4, 0.5) is 0 Å². The fraction of sp³-hybridized carbons (Fsp3) is 0.745. The van der Waals surface area contributed by atoms with Gasteiger partial charge in [-0.05, 0) is 167 Å². The fourth-order valence-electron chi connectivity index (χ4n) is 14.8. The van der Waals surface area contributed by atoms with Crippen molar-refractivity contribution in [2.75, 3.05) is 172 Å². The number of hydrogen-bond acceptors (Lipinski definition) is 24. The van der Waals surface area contributed by atoms with Crippen molar-refractivity contribution in [3.63, 3.8) is 0 Å². The molecule has 10 rings (SSSR count). The average molecular weight is 1950 g/mol. The summed E-state index contributed by atoms with van der Waals surface area (Å²) in [5.74, 6) is 0.612. The Morgan fingerprint density at radius 1 is 0.436 bits per heavy atom. The van der Waals surface area contributed by atoms with Crippen LogP contribution in [-0.2, 0) is 77.4 Å². The average Bonchev–Trinajstić information content (AvgIpc) is 0.835. The Kier molecular flexibility index (Phi) is 64.4. The summed E-state index contributed by atoms with van der Waals surface area (Å²) in [4.78, 5) is 16.8. The van der Waals surface area contributed by atoms with Crippen LogP contribution in [0, 0.1) is 6.57 Å². The summed E-state index contributed by atoms with van der Waals surface area (Å²) < 4.78 is 119. The zero-order valence-electron chi connectivity index (χ0n) is 92.6. The molecule has 0 spiro atoms. The first-order valence-corrected chi connectivity index (χ1v) is 48.8. The molecule has 0 aliphatic carbocycles. The van der Waals surface area contributed by atoms with Gasteiger partial charge in [-0.2, -0.15) is 0 Å². The van der Waals surface area contributed by atoms with E-state index in [1.165, 1.54) is 38.8 Å². The summed E-state index contributed by atoms with van der Waals surface area (Å²) in [5.41, 5.74) is 0.905. The van der Waals surface area contributed by atoms with Crippen molar-refractivity contribution in [2.45, 2.75) is 302 Å². The van der Waals surface area contributed by atoms with Gasteiger partial charge in [0, 0.05) is 210 Å². The first-order valence-electron chi connectivity index (χ1n) is 50.5. The van der Waals surface area contributed by atoms with Gasteiger partial charge in [-0.15, -0.1) is 34.8 Å². The molecule has 0 saturated carbocycles. The van der Waals surface area contributed by atoms with Crippen molar-refractivity contribution in [2.24, 2.45) is 0 Å². The largest absolute Gasteiger partial charge is 0.400 e. The third kappa shape index (κ3) is 53.1. The van der Waals surface area contributed by atoms with Crippen LogP contribution in [0.5, 0.6) is 0 Å². The van der Waals surface area contributed by atoms with Gasteiger partial charge in [0.1, 0.15) is 87.3 Å². The molecule has 6 aliphatic heterocycles. The molecule has 6 fully saturated rings. The van der Waals surface area contributed by atoms with E-state index in [0.29, 0.717) is 147 Å². The molecular formula is C98H172B6Cl3N8O17P. The number of halogens is 3. The van der Waals surface area contributed by atoms with Crippen LogP contribution in [0.3, 0.4) is 0 Å². The second-order valence-electron chi connectivity index (χ2n) is 35.7. The molecule has 25 nitrogen and oxygen atoms in total. The van der Waals surface area contributed by atoms with E-state index >= 15 is 0 Å². The minimum absolute atomic E-state index is 0.0421. The zero-order chi connectivity index (χ0) is 108. The van der Waals surface area contributed by atoms with Crippen LogP contribution in [-0.4, -0.2) is 406 Å². The summed E-state index contributed by atoms with van der Waals surface area (Å²) in [5, 5.41) is 38.9. The summed E-state index contributed by atoms with van der Waals surface area (Å²) in [6, 6.07) is 40.9. The monoisotopic (exact) mass is 1950 g/mol. The molecule has 14 atom stereocenters. The SMILES string of the molecule is CCl.ClCc1ccccc1.[2H]C([3H])Cl.[2H]C[C@@]1(CO)CN(C(C)C)C[C@H]([B])O1.[2H]C[C@@]1(COCc2ccccc2)CN(C(C)C)C[C@H]([B])O1.[2H]C[C@@]1(COP(OCC[N+]#[C-])N(C(C)C)C(C)C)CN(C(C)C)C[C@H]([B])O1.[3H]OC.[3H]OC.[3H]OC.[B][C@H]1CN(C(C)C)C[C@@](CC)(CO)O1.[B][C@H]1CN(C(C)C)C[C@@](CC)(COCc2ccccc2)O1.[B][C@H]1CN(C(C)C)C[C@@](CO)(COCc2ccccc2)O1. The quantitative estimate of drug-likeness (QED) is 0.00853. The molecule has 35 heteroatoms. The Hall–Kier alpha value is -2.90. The van der Waals surface area contributed by atoms with E-state index in [0.717, 1.165) is 50.1 Å². The van der Waals surface area contributed by atoms with Crippen LogP contribution in [0.15, 0.2) is 121 Å². The van der Waals surface area contributed by atoms with Gasteiger partial charge < -0.3 is 87.2 Å². The number of alkyl halides is 3. The molecule has 4 aromatic carbocycles. The number of hydrogen-bond donors (Lipinski definition) is 6. The summed E-state index contributed by atoms with van der Waals surface area (Å²) in [7, 11) is 38.2. The van der Waals surface area contributed by atoms with Gasteiger partial charge >= 0.3 is 0 Å². The fourth-order valence-corrected chi connectivity index (χ4v) is 16.7. The van der Waals surface area contributed by atoms with Crippen molar-refractivity contribution in [3.8, 4) is 0 Å². The van der Waals surface area contributed by atoms with Crippen molar-refractivity contribution >= 4 is 90.4 Å². The Balaban J connectivity index is 0. The Bertz CT molecular complexity index is 3430. The van der Waals surface area contributed by atoms with E-state index in [1.807, 2.05) is 116 Å². The van der Waals surface area contributed by atoms with Gasteiger partial charge in [0.05, 0.1) is 66.1 Å². The number of nitrogens with zero attached hydrogens (tertiary/aromatic N) is 8. The van der Waals surface area contributed by atoms with Crippen LogP contribution >= 0.6 is 43.3 Å². The Morgan fingerprint density at radius 2 is 0.707 bits per heavy atom. The lowest BCUT2D eigenvalue weighted by molar-refractivity contribution is -0.182. The molecule has 6 aliphatic rings. The molecule has 0 bridgehead atoms. The van der Waals surface area contributed by atoms with Crippen molar-refractivity contribution in [1.82, 2.24) is 34.1 Å². The number of morpholine rings is 6. The highest BCUT2D eigenvalue weighted by atomic mass is 35.5. The number of aliphatic hydroxyl groups is 6. The topological polar surface area (TPSA) is 250 Å². The van der Waals surface area contributed by atoms with E-state index in [2.05, 4.69) is 207 Å².